The summed E-state index contributed by atoms with van der Waals surface area (Å²) >= 11 is 0. The van der Waals surface area contributed by atoms with Crippen LogP contribution in [0.5, 0.6) is 0 Å². The summed E-state index contributed by atoms with van der Waals surface area (Å²) in [4.78, 5) is 1.98. The van der Waals surface area contributed by atoms with E-state index in [4.69, 9.17) is 13.8 Å². The number of hydrogen-bond donors (Lipinski definition) is 0. The molecular weight excluding hydrogens is 313 g/mol. The topological polar surface area (TPSA) is 64.5 Å². The standard InChI is InChI=1S/C17H18FN3O3/c1-9-6-13(19-23-9)16-12-4-5-14(15(18)17(12)24-20-16)21-7-10(2)22-11(3)8-21/h4-6,10-11H,7-8H2,1-3H3/t10-,11+. The number of rotatable bonds is 2. The third-order valence-electron chi connectivity index (χ3n) is 4.19. The van der Waals surface area contributed by atoms with E-state index in [1.165, 1.54) is 0 Å². The molecule has 0 unspecified atom stereocenters. The third kappa shape index (κ3) is 2.45. The summed E-state index contributed by atoms with van der Waals surface area (Å²) in [6.45, 7) is 7.03. The van der Waals surface area contributed by atoms with Crippen molar-refractivity contribution < 1.29 is 18.2 Å². The van der Waals surface area contributed by atoms with E-state index < -0.39 is 5.82 Å². The van der Waals surface area contributed by atoms with Crippen LogP contribution in [0, 0.1) is 12.7 Å². The summed E-state index contributed by atoms with van der Waals surface area (Å²) < 4.78 is 31.0. The lowest BCUT2D eigenvalue weighted by atomic mass is 10.1. The average Bonchev–Trinajstić information content (AvgIpc) is 3.13. The molecule has 6 nitrogen and oxygen atoms in total. The highest BCUT2D eigenvalue weighted by molar-refractivity contribution is 5.92. The lowest BCUT2D eigenvalue weighted by molar-refractivity contribution is -0.00539. The first-order valence-corrected chi connectivity index (χ1v) is 7.95. The Labute approximate surface area is 138 Å². The molecule has 0 bridgehead atoms. The molecular formula is C17H18FN3O3. The summed E-state index contributed by atoms with van der Waals surface area (Å²) in [6.07, 6.45) is 0.0967. The van der Waals surface area contributed by atoms with Gasteiger partial charge in [-0.2, -0.15) is 0 Å². The molecule has 0 N–H and O–H groups in total. The molecule has 0 spiro atoms. The molecule has 1 fully saturated rings. The normalized spacial score (nSPS) is 21.6. The quantitative estimate of drug-likeness (QED) is 0.715. The van der Waals surface area contributed by atoms with Crippen LogP contribution in [0.2, 0.25) is 0 Å². The van der Waals surface area contributed by atoms with Crippen LogP contribution in [0.15, 0.2) is 27.2 Å². The second kappa shape index (κ2) is 5.59. The van der Waals surface area contributed by atoms with Gasteiger partial charge in [0.05, 0.1) is 23.3 Å². The van der Waals surface area contributed by atoms with Crippen LogP contribution >= 0.6 is 0 Å². The summed E-state index contributed by atoms with van der Waals surface area (Å²) in [5.41, 5.74) is 1.65. The van der Waals surface area contributed by atoms with Gasteiger partial charge in [0.25, 0.3) is 0 Å². The predicted octanol–water partition coefficient (Wildman–Crippen LogP) is 3.54. The van der Waals surface area contributed by atoms with E-state index in [1.54, 1.807) is 19.1 Å². The molecule has 1 aliphatic heterocycles. The maximum absolute atomic E-state index is 15.0. The molecule has 1 saturated heterocycles. The van der Waals surface area contributed by atoms with Gasteiger partial charge in [-0.3, -0.25) is 0 Å². The van der Waals surface area contributed by atoms with Gasteiger partial charge in [-0.05, 0) is 32.9 Å². The van der Waals surface area contributed by atoms with Gasteiger partial charge < -0.3 is 18.7 Å². The summed E-state index contributed by atoms with van der Waals surface area (Å²) in [7, 11) is 0. The van der Waals surface area contributed by atoms with Crippen molar-refractivity contribution in [1.29, 1.82) is 0 Å². The molecule has 3 heterocycles. The van der Waals surface area contributed by atoms with Gasteiger partial charge in [0, 0.05) is 19.2 Å². The zero-order chi connectivity index (χ0) is 16.8. The van der Waals surface area contributed by atoms with Crippen LogP contribution in [0.4, 0.5) is 10.1 Å². The van der Waals surface area contributed by atoms with Gasteiger partial charge >= 0.3 is 0 Å². The highest BCUT2D eigenvalue weighted by Crippen LogP contribution is 2.34. The maximum atomic E-state index is 15.0. The Morgan fingerprint density at radius 3 is 2.54 bits per heavy atom. The molecule has 0 amide bonds. The minimum absolute atomic E-state index is 0.0484. The number of aryl methyl sites for hydroxylation is 1. The molecule has 2 aromatic heterocycles. The van der Waals surface area contributed by atoms with E-state index in [2.05, 4.69) is 10.3 Å². The van der Waals surface area contributed by atoms with Crippen molar-refractivity contribution in [3.8, 4) is 11.4 Å². The molecule has 1 aliphatic rings. The lowest BCUT2D eigenvalue weighted by Crippen LogP contribution is -2.45. The van der Waals surface area contributed by atoms with Gasteiger partial charge in [-0.25, -0.2) is 4.39 Å². The van der Waals surface area contributed by atoms with Crippen LogP contribution in [0.25, 0.3) is 22.4 Å². The first-order valence-electron chi connectivity index (χ1n) is 7.95. The second-order valence-corrected chi connectivity index (χ2v) is 6.29. The molecule has 2 atom stereocenters. The van der Waals surface area contributed by atoms with Crippen LogP contribution in [-0.2, 0) is 4.74 Å². The van der Waals surface area contributed by atoms with Crippen molar-refractivity contribution in [2.75, 3.05) is 18.0 Å². The number of anilines is 1. The van der Waals surface area contributed by atoms with Crippen molar-refractivity contribution in [3.63, 3.8) is 0 Å². The molecule has 7 heteroatoms. The van der Waals surface area contributed by atoms with Crippen molar-refractivity contribution in [3.05, 3.63) is 29.8 Å². The number of morpholine rings is 1. The van der Waals surface area contributed by atoms with E-state index in [0.29, 0.717) is 41.3 Å². The van der Waals surface area contributed by atoms with Crippen LogP contribution in [0.1, 0.15) is 19.6 Å². The van der Waals surface area contributed by atoms with Crippen molar-refractivity contribution >= 4 is 16.7 Å². The van der Waals surface area contributed by atoms with E-state index >= 15 is 0 Å². The molecule has 0 aliphatic carbocycles. The van der Waals surface area contributed by atoms with E-state index in [1.807, 2.05) is 24.8 Å². The first kappa shape index (κ1) is 15.1. The fourth-order valence-electron chi connectivity index (χ4n) is 3.24. The van der Waals surface area contributed by atoms with Crippen LogP contribution in [0.3, 0.4) is 0 Å². The minimum atomic E-state index is -0.409. The fraction of sp³-hybridized carbons (Fsp3) is 0.412. The molecule has 24 heavy (non-hydrogen) atoms. The van der Waals surface area contributed by atoms with Gasteiger partial charge in [0.15, 0.2) is 5.82 Å². The highest BCUT2D eigenvalue weighted by Gasteiger charge is 2.27. The Bertz CT molecular complexity index is 878. The lowest BCUT2D eigenvalue weighted by Gasteiger charge is -2.36. The Balaban J connectivity index is 1.76. The largest absolute Gasteiger partial charge is 0.372 e. The monoisotopic (exact) mass is 331 g/mol. The SMILES string of the molecule is Cc1cc(-c2noc3c(F)c(N4C[C@@H](C)O[C@@H](C)C4)ccc23)no1. The number of halogens is 1. The Morgan fingerprint density at radius 1 is 1.12 bits per heavy atom. The maximum Gasteiger partial charge on any atom is 0.205 e. The number of benzene rings is 1. The molecule has 1 aromatic carbocycles. The number of ether oxygens (including phenoxy) is 1. The molecule has 3 aromatic rings. The van der Waals surface area contributed by atoms with Gasteiger partial charge in [0.1, 0.15) is 17.1 Å². The summed E-state index contributed by atoms with van der Waals surface area (Å²) in [5, 5.41) is 8.48. The van der Waals surface area contributed by atoms with E-state index in [9.17, 15) is 4.39 Å². The van der Waals surface area contributed by atoms with Crippen molar-refractivity contribution in [2.24, 2.45) is 0 Å². The average molecular weight is 331 g/mol. The zero-order valence-corrected chi connectivity index (χ0v) is 13.7. The number of aromatic nitrogens is 2. The minimum Gasteiger partial charge on any atom is -0.372 e. The third-order valence-corrected chi connectivity index (χ3v) is 4.19. The van der Waals surface area contributed by atoms with Crippen LogP contribution < -0.4 is 4.90 Å². The van der Waals surface area contributed by atoms with Gasteiger partial charge in [0.2, 0.25) is 5.58 Å². The van der Waals surface area contributed by atoms with E-state index in [-0.39, 0.29) is 17.8 Å². The Kier molecular flexibility index (Phi) is 3.53. The van der Waals surface area contributed by atoms with Crippen LogP contribution in [-0.4, -0.2) is 35.6 Å². The smallest absolute Gasteiger partial charge is 0.205 e. The molecule has 4 rings (SSSR count). The van der Waals surface area contributed by atoms with Gasteiger partial charge in [-0.15, -0.1) is 0 Å². The van der Waals surface area contributed by atoms with Gasteiger partial charge in [-0.1, -0.05) is 10.3 Å². The van der Waals surface area contributed by atoms with Crippen molar-refractivity contribution in [1.82, 2.24) is 10.3 Å². The highest BCUT2D eigenvalue weighted by atomic mass is 19.1. The van der Waals surface area contributed by atoms with Crippen molar-refractivity contribution in [2.45, 2.75) is 33.0 Å². The molecule has 0 radical (unpaired) electrons. The summed E-state index contributed by atoms with van der Waals surface area (Å²) in [5.74, 6) is 0.252. The molecule has 126 valence electrons. The molecule has 0 saturated carbocycles. The van der Waals surface area contributed by atoms with E-state index in [0.717, 1.165) is 0 Å². The fourth-order valence-corrected chi connectivity index (χ4v) is 3.24. The number of fused-ring (bicyclic) bond motifs is 1. The second-order valence-electron chi connectivity index (χ2n) is 6.29. The Morgan fingerprint density at radius 2 is 1.88 bits per heavy atom. The zero-order valence-electron chi connectivity index (χ0n) is 13.7. The first-order chi connectivity index (χ1) is 11.5. The predicted molar refractivity (Wildman–Crippen MR) is 86.4 cm³/mol. The number of nitrogens with zero attached hydrogens (tertiary/aromatic N) is 3. The summed E-state index contributed by atoms with van der Waals surface area (Å²) in [6, 6.07) is 5.32. The Hall–Kier alpha value is -2.41. The number of hydrogen-bond acceptors (Lipinski definition) is 6.